The molecule has 3 aromatic rings. The van der Waals surface area contributed by atoms with E-state index in [0.29, 0.717) is 6.42 Å². The van der Waals surface area contributed by atoms with Gasteiger partial charge in [0.05, 0.1) is 12.1 Å². The quantitative estimate of drug-likeness (QED) is 0.323. The molecule has 1 amide bonds. The number of carbonyl (C=O) groups excluding carboxylic acids is 1. The van der Waals surface area contributed by atoms with Gasteiger partial charge in [0.1, 0.15) is 0 Å². The maximum absolute atomic E-state index is 12.5. The summed E-state index contributed by atoms with van der Waals surface area (Å²) in [5.74, 6) is -0.0877. The number of nitrogens with one attached hydrogen (secondary N) is 1. The molecule has 0 saturated heterocycles. The van der Waals surface area contributed by atoms with E-state index in [1.807, 2.05) is 54.6 Å². The van der Waals surface area contributed by atoms with Gasteiger partial charge in [0.15, 0.2) is 0 Å². The molecule has 0 saturated carbocycles. The van der Waals surface area contributed by atoms with Crippen LogP contribution in [0.1, 0.15) is 43.7 Å². The average molecular weight is 358 g/mol. The molecule has 0 radical (unpaired) electrons. The fourth-order valence-electron chi connectivity index (χ4n) is 3.23. The molecule has 3 aromatic carbocycles. The summed E-state index contributed by atoms with van der Waals surface area (Å²) in [4.78, 5) is 12.5. The zero-order chi connectivity index (χ0) is 18.9. The number of nitrogens with zero attached hydrogens (tertiary/aromatic N) is 1. The van der Waals surface area contributed by atoms with E-state index in [-0.39, 0.29) is 5.91 Å². The zero-order valence-corrected chi connectivity index (χ0v) is 15.8. The van der Waals surface area contributed by atoms with Crippen LogP contribution in [0.3, 0.4) is 0 Å². The second kappa shape index (κ2) is 9.67. The van der Waals surface area contributed by atoms with Crippen LogP contribution in [0.15, 0.2) is 77.9 Å². The third-order valence-corrected chi connectivity index (χ3v) is 4.67. The van der Waals surface area contributed by atoms with Gasteiger partial charge in [-0.25, -0.2) is 5.43 Å². The highest BCUT2D eigenvalue weighted by Gasteiger charge is 2.08. The smallest absolute Gasteiger partial charge is 0.244 e. The lowest BCUT2D eigenvalue weighted by Gasteiger charge is -2.09. The Kier molecular flexibility index (Phi) is 6.75. The van der Waals surface area contributed by atoms with Gasteiger partial charge >= 0.3 is 0 Å². The molecular weight excluding hydrogens is 332 g/mol. The van der Waals surface area contributed by atoms with Gasteiger partial charge in [-0.1, -0.05) is 92.6 Å². The van der Waals surface area contributed by atoms with Gasteiger partial charge in [-0.05, 0) is 34.7 Å². The summed E-state index contributed by atoms with van der Waals surface area (Å²) < 4.78 is 0. The summed E-state index contributed by atoms with van der Waals surface area (Å²) >= 11 is 0. The standard InChI is InChI=1S/C24H26N2O/c1-2-3-5-17-23(20-12-6-4-7-13-20)25-26-24(27)18-21-15-10-14-19-11-8-9-16-22(19)21/h4,6-16H,2-3,5,17-18H2,1H3,(H,26,27)/b25-23+. The van der Waals surface area contributed by atoms with E-state index in [9.17, 15) is 4.79 Å². The molecule has 0 aromatic heterocycles. The number of hydrogen-bond acceptors (Lipinski definition) is 2. The molecule has 27 heavy (non-hydrogen) atoms. The van der Waals surface area contributed by atoms with Crippen LogP contribution in [0.2, 0.25) is 0 Å². The maximum atomic E-state index is 12.5. The van der Waals surface area contributed by atoms with Gasteiger partial charge in [0.2, 0.25) is 5.91 Å². The summed E-state index contributed by atoms with van der Waals surface area (Å²) in [5.41, 5.74) is 5.80. The number of carbonyl (C=O) groups is 1. The van der Waals surface area contributed by atoms with Gasteiger partial charge in [-0.3, -0.25) is 4.79 Å². The van der Waals surface area contributed by atoms with E-state index in [1.165, 1.54) is 0 Å². The molecule has 1 N–H and O–H groups in total. The molecule has 0 bridgehead atoms. The predicted molar refractivity (Wildman–Crippen MR) is 113 cm³/mol. The molecule has 0 atom stereocenters. The molecule has 138 valence electrons. The minimum absolute atomic E-state index is 0.0877. The van der Waals surface area contributed by atoms with Crippen molar-refractivity contribution in [2.24, 2.45) is 5.10 Å². The molecule has 3 rings (SSSR count). The van der Waals surface area contributed by atoms with Crippen LogP contribution < -0.4 is 5.43 Å². The Morgan fingerprint density at radius 3 is 2.44 bits per heavy atom. The van der Waals surface area contributed by atoms with E-state index in [0.717, 1.165) is 53.3 Å². The Balaban J connectivity index is 1.72. The van der Waals surface area contributed by atoms with Crippen molar-refractivity contribution in [3.63, 3.8) is 0 Å². The Hall–Kier alpha value is -2.94. The highest BCUT2D eigenvalue weighted by atomic mass is 16.2. The van der Waals surface area contributed by atoms with E-state index in [4.69, 9.17) is 0 Å². The molecule has 0 aliphatic heterocycles. The minimum atomic E-state index is -0.0877. The Morgan fingerprint density at radius 1 is 0.889 bits per heavy atom. The number of amides is 1. The predicted octanol–water partition coefficient (Wildman–Crippen LogP) is 5.48. The fraction of sp³-hybridized carbons (Fsp3) is 0.250. The van der Waals surface area contributed by atoms with E-state index >= 15 is 0 Å². The highest BCUT2D eigenvalue weighted by molar-refractivity contribution is 6.01. The van der Waals surface area contributed by atoms with Crippen molar-refractivity contribution in [1.29, 1.82) is 0 Å². The van der Waals surface area contributed by atoms with E-state index < -0.39 is 0 Å². The molecule has 0 fully saturated rings. The number of rotatable bonds is 8. The van der Waals surface area contributed by atoms with Gasteiger partial charge in [0.25, 0.3) is 0 Å². The van der Waals surface area contributed by atoms with Crippen molar-refractivity contribution in [3.8, 4) is 0 Å². The van der Waals surface area contributed by atoms with Crippen LogP contribution >= 0.6 is 0 Å². The first-order chi connectivity index (χ1) is 13.3. The zero-order valence-electron chi connectivity index (χ0n) is 15.8. The highest BCUT2D eigenvalue weighted by Crippen LogP contribution is 2.19. The van der Waals surface area contributed by atoms with Crippen LogP contribution in [0.5, 0.6) is 0 Å². The summed E-state index contributed by atoms with van der Waals surface area (Å²) in [6.45, 7) is 2.19. The van der Waals surface area contributed by atoms with Crippen molar-refractivity contribution in [3.05, 3.63) is 83.9 Å². The number of benzene rings is 3. The summed E-state index contributed by atoms with van der Waals surface area (Å²) in [6, 6.07) is 24.3. The van der Waals surface area contributed by atoms with Crippen molar-refractivity contribution < 1.29 is 4.79 Å². The first kappa shape index (κ1) is 18.8. The first-order valence-electron chi connectivity index (χ1n) is 9.65. The topological polar surface area (TPSA) is 41.5 Å². The lowest BCUT2D eigenvalue weighted by atomic mass is 10.0. The second-order valence-corrected chi connectivity index (χ2v) is 6.73. The largest absolute Gasteiger partial charge is 0.273 e. The molecule has 0 unspecified atom stereocenters. The summed E-state index contributed by atoms with van der Waals surface area (Å²) in [5, 5.41) is 6.72. The maximum Gasteiger partial charge on any atom is 0.244 e. The van der Waals surface area contributed by atoms with Gasteiger partial charge in [-0.15, -0.1) is 0 Å². The normalized spacial score (nSPS) is 11.5. The first-order valence-corrected chi connectivity index (χ1v) is 9.65. The fourth-order valence-corrected chi connectivity index (χ4v) is 3.23. The number of unbranched alkanes of at least 4 members (excludes halogenated alkanes) is 2. The molecule has 0 aliphatic rings. The molecule has 3 heteroatoms. The lowest BCUT2D eigenvalue weighted by Crippen LogP contribution is -2.22. The molecule has 0 heterocycles. The molecule has 0 aliphatic carbocycles. The summed E-state index contributed by atoms with van der Waals surface area (Å²) in [6.07, 6.45) is 4.59. The van der Waals surface area contributed by atoms with Gasteiger partial charge in [0, 0.05) is 0 Å². The Labute approximate surface area is 161 Å². The van der Waals surface area contributed by atoms with Crippen molar-refractivity contribution >= 4 is 22.4 Å². The Bertz CT molecular complexity index is 911. The van der Waals surface area contributed by atoms with Gasteiger partial charge in [-0.2, -0.15) is 5.10 Å². The molecule has 3 nitrogen and oxygen atoms in total. The number of hydrazone groups is 1. The third-order valence-electron chi connectivity index (χ3n) is 4.67. The number of fused-ring (bicyclic) bond motifs is 1. The average Bonchev–Trinajstić information content (AvgIpc) is 2.71. The van der Waals surface area contributed by atoms with Crippen LogP contribution in [-0.4, -0.2) is 11.6 Å². The van der Waals surface area contributed by atoms with Gasteiger partial charge < -0.3 is 0 Å². The third kappa shape index (κ3) is 5.27. The minimum Gasteiger partial charge on any atom is -0.273 e. The van der Waals surface area contributed by atoms with E-state index in [2.05, 4.69) is 35.7 Å². The monoisotopic (exact) mass is 358 g/mol. The van der Waals surface area contributed by atoms with Crippen molar-refractivity contribution in [2.75, 3.05) is 0 Å². The van der Waals surface area contributed by atoms with Crippen molar-refractivity contribution in [2.45, 2.75) is 39.0 Å². The lowest BCUT2D eigenvalue weighted by molar-refractivity contribution is -0.120. The molecule has 0 spiro atoms. The molecular formula is C24H26N2O. The van der Waals surface area contributed by atoms with Crippen LogP contribution in [0.25, 0.3) is 10.8 Å². The second-order valence-electron chi connectivity index (χ2n) is 6.73. The number of hydrogen-bond donors (Lipinski definition) is 1. The van der Waals surface area contributed by atoms with Crippen molar-refractivity contribution in [1.82, 2.24) is 5.43 Å². The van der Waals surface area contributed by atoms with Crippen LogP contribution in [0.4, 0.5) is 0 Å². The van der Waals surface area contributed by atoms with Crippen LogP contribution in [0, 0.1) is 0 Å². The SMILES string of the molecule is CCCCC/C(=N\NC(=O)Cc1cccc2ccccc12)c1ccccc1. The summed E-state index contributed by atoms with van der Waals surface area (Å²) in [7, 11) is 0. The van der Waals surface area contributed by atoms with Crippen LogP contribution in [-0.2, 0) is 11.2 Å². The Morgan fingerprint density at radius 2 is 1.63 bits per heavy atom. The van der Waals surface area contributed by atoms with E-state index in [1.54, 1.807) is 0 Å².